The minimum absolute atomic E-state index is 0. The van der Waals surface area contributed by atoms with E-state index < -0.39 is 0 Å². The molecule has 0 aliphatic rings. The van der Waals surface area contributed by atoms with Gasteiger partial charge in [0.05, 0.1) is 0 Å². The van der Waals surface area contributed by atoms with E-state index in [0.29, 0.717) is 0 Å². The van der Waals surface area contributed by atoms with Crippen molar-refractivity contribution < 1.29 is 17.2 Å². The number of carbonyl (C=O) groups is 1. The third-order valence-electron chi connectivity index (χ3n) is 4.19. The maximum Gasteiger partial charge on any atom is 0.323 e. The number of nitrogens with one attached hydrogen (secondary N) is 2. The van der Waals surface area contributed by atoms with Crippen LogP contribution in [0.15, 0.2) is 30.0 Å². The van der Waals surface area contributed by atoms with Gasteiger partial charge in [0.15, 0.2) is 0 Å². The van der Waals surface area contributed by atoms with Crippen LogP contribution < -0.4 is 27.9 Å². The highest BCUT2D eigenvalue weighted by Crippen LogP contribution is 2.24. The van der Waals surface area contributed by atoms with Gasteiger partial charge in [-0.05, 0) is 56.9 Å². The summed E-state index contributed by atoms with van der Waals surface area (Å²) in [6.45, 7) is 16.6. The highest BCUT2D eigenvalue weighted by molar-refractivity contribution is 5.91. The molecule has 5 heteroatoms. The first kappa shape index (κ1) is 22.3. The van der Waals surface area contributed by atoms with Crippen LogP contribution in [0.1, 0.15) is 47.1 Å². The third-order valence-corrected chi connectivity index (χ3v) is 4.19. The van der Waals surface area contributed by atoms with Crippen molar-refractivity contribution in [1.29, 1.82) is 0 Å². The summed E-state index contributed by atoms with van der Waals surface area (Å²) in [7, 11) is 0. The average Bonchev–Trinajstić information content (AvgIpc) is 2.47. The highest BCUT2D eigenvalue weighted by Gasteiger charge is 2.13. The van der Waals surface area contributed by atoms with E-state index in [2.05, 4.69) is 56.2 Å². The van der Waals surface area contributed by atoms with Crippen molar-refractivity contribution in [3.05, 3.63) is 35.5 Å². The summed E-state index contributed by atoms with van der Waals surface area (Å²) in [5, 5.41) is 5.71. The van der Waals surface area contributed by atoms with E-state index in [1.807, 2.05) is 26.0 Å². The molecule has 0 heterocycles. The minimum Gasteiger partial charge on any atom is -1.00 e. The van der Waals surface area contributed by atoms with E-state index in [1.165, 1.54) is 5.69 Å². The first-order valence-corrected chi connectivity index (χ1v) is 8.29. The molecule has 0 unspecified atom stereocenters. The molecule has 0 atom stereocenters. The van der Waals surface area contributed by atoms with Gasteiger partial charge in [-0.15, -0.1) is 0 Å². The van der Waals surface area contributed by atoms with Crippen molar-refractivity contribution >= 4 is 17.4 Å². The summed E-state index contributed by atoms with van der Waals surface area (Å²) in [6, 6.07) is 5.90. The lowest BCUT2D eigenvalue weighted by Crippen LogP contribution is -3.00. The summed E-state index contributed by atoms with van der Waals surface area (Å²) in [4.78, 5) is 14.3. The van der Waals surface area contributed by atoms with E-state index in [-0.39, 0.29) is 23.9 Å². The number of allylic oxidation sites excluding steroid dienone is 1. The number of hydrogen-bond acceptors (Lipinski definition) is 2. The van der Waals surface area contributed by atoms with Crippen LogP contribution in [0.2, 0.25) is 0 Å². The Morgan fingerprint density at radius 3 is 2.25 bits per heavy atom. The van der Waals surface area contributed by atoms with Crippen LogP contribution in [0.25, 0.3) is 0 Å². The van der Waals surface area contributed by atoms with E-state index in [0.717, 1.165) is 29.9 Å². The summed E-state index contributed by atoms with van der Waals surface area (Å²) < 4.78 is 0. The number of benzene rings is 1. The zero-order valence-corrected chi connectivity index (χ0v) is 16.7. The van der Waals surface area contributed by atoms with Crippen molar-refractivity contribution in [2.45, 2.75) is 48.5 Å². The number of anilines is 2. The zero-order chi connectivity index (χ0) is 17.6. The first-order valence-electron chi connectivity index (χ1n) is 8.29. The second-order valence-electron chi connectivity index (χ2n) is 6.85. The van der Waals surface area contributed by atoms with E-state index in [9.17, 15) is 4.79 Å². The van der Waals surface area contributed by atoms with Gasteiger partial charge < -0.3 is 27.9 Å². The Morgan fingerprint density at radius 2 is 1.79 bits per heavy atom. The van der Waals surface area contributed by atoms with Crippen LogP contribution in [-0.2, 0) is 0 Å². The molecule has 4 nitrogen and oxygen atoms in total. The lowest BCUT2D eigenvalue weighted by atomic mass is 9.88. The Morgan fingerprint density at radius 1 is 1.21 bits per heavy atom. The van der Waals surface area contributed by atoms with Crippen molar-refractivity contribution in [2.75, 3.05) is 23.3 Å². The maximum atomic E-state index is 12.1. The van der Waals surface area contributed by atoms with Crippen molar-refractivity contribution in [2.24, 2.45) is 5.41 Å². The molecule has 0 aliphatic heterocycles. The fourth-order valence-corrected chi connectivity index (χ4v) is 2.12. The van der Waals surface area contributed by atoms with Crippen LogP contribution in [0.5, 0.6) is 0 Å². The van der Waals surface area contributed by atoms with Crippen LogP contribution >= 0.6 is 0 Å². The van der Waals surface area contributed by atoms with Crippen LogP contribution in [0.3, 0.4) is 0 Å². The van der Waals surface area contributed by atoms with Crippen LogP contribution in [0, 0.1) is 12.3 Å². The SMILES string of the molecule is CCN(CC)c1ccc(NC(=O)N/C=C(\C)C(C)(C)C)c(C)c1.[Cl-]. The van der Waals surface area contributed by atoms with Gasteiger partial charge in [-0.1, -0.05) is 26.3 Å². The Labute approximate surface area is 153 Å². The Bertz CT molecular complexity index is 572. The summed E-state index contributed by atoms with van der Waals surface area (Å²) in [5.41, 5.74) is 4.25. The standard InChI is InChI=1S/C19H31N3O.ClH/c1-8-22(9-2)16-10-11-17(14(3)12-16)21-18(23)20-13-15(4)19(5,6)7;/h10-13H,8-9H2,1-7H3,(H2,20,21,23);1H/p-1/b15-13+;. The molecule has 0 saturated heterocycles. The molecule has 136 valence electrons. The Kier molecular flexibility index (Phi) is 8.91. The zero-order valence-electron chi connectivity index (χ0n) is 16.0. The number of nitrogens with zero attached hydrogens (tertiary/aromatic N) is 1. The molecule has 0 aliphatic carbocycles. The molecule has 0 radical (unpaired) electrons. The monoisotopic (exact) mass is 352 g/mol. The average molecular weight is 353 g/mol. The highest BCUT2D eigenvalue weighted by atomic mass is 35.5. The number of rotatable bonds is 5. The van der Waals surface area contributed by atoms with E-state index in [1.54, 1.807) is 6.20 Å². The molecular weight excluding hydrogens is 322 g/mol. The molecule has 1 aromatic rings. The van der Waals surface area contributed by atoms with Crippen LogP contribution in [0.4, 0.5) is 16.2 Å². The maximum absolute atomic E-state index is 12.1. The van der Waals surface area contributed by atoms with Gasteiger partial charge in [-0.2, -0.15) is 0 Å². The number of urea groups is 1. The molecule has 0 saturated carbocycles. The van der Waals surface area contributed by atoms with Crippen LogP contribution in [-0.4, -0.2) is 19.1 Å². The van der Waals surface area contributed by atoms with Gasteiger partial charge >= 0.3 is 6.03 Å². The van der Waals surface area contributed by atoms with Gasteiger partial charge in [0.2, 0.25) is 0 Å². The van der Waals surface area contributed by atoms with E-state index in [4.69, 9.17) is 0 Å². The third kappa shape index (κ3) is 6.44. The van der Waals surface area contributed by atoms with Crippen molar-refractivity contribution in [1.82, 2.24) is 5.32 Å². The lowest BCUT2D eigenvalue weighted by Gasteiger charge is -2.22. The van der Waals surface area contributed by atoms with E-state index >= 15 is 0 Å². The second-order valence-corrected chi connectivity index (χ2v) is 6.85. The summed E-state index contributed by atoms with van der Waals surface area (Å²) in [6.07, 6.45) is 1.77. The molecule has 2 amide bonds. The predicted octanol–water partition coefficient (Wildman–Crippen LogP) is 1.92. The lowest BCUT2D eigenvalue weighted by molar-refractivity contribution is -0.00000857. The quantitative estimate of drug-likeness (QED) is 0.850. The van der Waals surface area contributed by atoms with Gasteiger partial charge in [-0.25, -0.2) is 4.79 Å². The molecule has 0 bridgehead atoms. The normalized spacial score (nSPS) is 11.5. The summed E-state index contributed by atoms with van der Waals surface area (Å²) in [5.74, 6) is 0. The fourth-order valence-electron chi connectivity index (χ4n) is 2.12. The van der Waals surface area contributed by atoms with Gasteiger partial charge in [0.1, 0.15) is 0 Å². The van der Waals surface area contributed by atoms with Gasteiger partial charge in [0.25, 0.3) is 0 Å². The summed E-state index contributed by atoms with van der Waals surface area (Å²) >= 11 is 0. The Hall–Kier alpha value is -1.68. The largest absolute Gasteiger partial charge is 1.00 e. The number of hydrogen-bond donors (Lipinski definition) is 2. The minimum atomic E-state index is -0.215. The molecule has 24 heavy (non-hydrogen) atoms. The molecular formula is C19H31ClN3O-. The number of aryl methyl sites for hydroxylation is 1. The number of carbonyl (C=O) groups excluding carboxylic acids is 1. The topological polar surface area (TPSA) is 44.4 Å². The Balaban J connectivity index is 0.00000529. The molecule has 1 rings (SSSR count). The predicted molar refractivity (Wildman–Crippen MR) is 100 cm³/mol. The molecule has 0 fully saturated rings. The number of halogens is 1. The van der Waals surface area contributed by atoms with Gasteiger partial charge in [-0.3, -0.25) is 0 Å². The smallest absolute Gasteiger partial charge is 0.323 e. The van der Waals surface area contributed by atoms with Gasteiger partial charge in [0, 0.05) is 30.7 Å². The fraction of sp³-hybridized carbons (Fsp3) is 0.526. The number of amides is 2. The molecule has 0 spiro atoms. The second kappa shape index (κ2) is 9.58. The van der Waals surface area contributed by atoms with Crippen molar-refractivity contribution in [3.8, 4) is 0 Å². The molecule has 0 aromatic heterocycles. The first-order chi connectivity index (χ1) is 10.7. The van der Waals surface area contributed by atoms with Crippen molar-refractivity contribution in [3.63, 3.8) is 0 Å². The molecule has 2 N–H and O–H groups in total. The molecule has 1 aromatic carbocycles.